The average Bonchev–Trinajstić information content (AvgIpc) is 2.15. The second kappa shape index (κ2) is 3.65. The van der Waals surface area contributed by atoms with E-state index in [0.29, 0.717) is 0 Å². The number of fused-ring (bicyclic) bond motifs is 2. The van der Waals surface area contributed by atoms with Crippen LogP contribution in [0.3, 0.4) is 0 Å². The minimum absolute atomic E-state index is 0.0223. The molecule has 0 aromatic heterocycles. The molecule has 0 amide bonds. The Labute approximate surface area is 86.8 Å². The first kappa shape index (κ1) is 10.2. The maximum atomic E-state index is 7.33. The lowest BCUT2D eigenvalue weighted by molar-refractivity contribution is 0.0641. The second-order valence-electron chi connectivity index (χ2n) is 5.65. The van der Waals surface area contributed by atoms with Gasteiger partial charge in [0, 0.05) is 12.3 Å². The summed E-state index contributed by atoms with van der Waals surface area (Å²) in [6.07, 6.45) is 9.60. The Balaban J connectivity index is 2.10. The molecule has 3 unspecified atom stereocenters. The molecule has 0 heterocycles. The molecule has 0 radical (unpaired) electrons. The van der Waals surface area contributed by atoms with Crippen molar-refractivity contribution >= 4 is 6.21 Å². The highest BCUT2D eigenvalue weighted by Crippen LogP contribution is 2.49. The molecule has 0 spiro atoms. The number of rotatable bonds is 2. The van der Waals surface area contributed by atoms with Gasteiger partial charge in [0.1, 0.15) is 0 Å². The first-order valence-electron chi connectivity index (χ1n) is 5.90. The summed E-state index contributed by atoms with van der Waals surface area (Å²) in [7, 11) is 0. The van der Waals surface area contributed by atoms with Crippen molar-refractivity contribution in [3.63, 3.8) is 0 Å². The van der Waals surface area contributed by atoms with Gasteiger partial charge in [0.2, 0.25) is 0 Å². The van der Waals surface area contributed by atoms with Crippen LogP contribution in [0, 0.1) is 22.7 Å². The highest BCUT2D eigenvalue weighted by atomic mass is 14.7. The van der Waals surface area contributed by atoms with Crippen LogP contribution in [-0.2, 0) is 0 Å². The van der Waals surface area contributed by atoms with Gasteiger partial charge in [0.05, 0.1) is 0 Å². The van der Waals surface area contributed by atoms with Crippen LogP contribution in [0.25, 0.3) is 0 Å². The molecule has 2 nitrogen and oxygen atoms in total. The van der Waals surface area contributed by atoms with E-state index in [-0.39, 0.29) is 11.5 Å². The first-order valence-corrected chi connectivity index (χ1v) is 5.90. The molecule has 2 saturated carbocycles. The summed E-state index contributed by atoms with van der Waals surface area (Å²) >= 11 is 0. The van der Waals surface area contributed by atoms with Crippen molar-refractivity contribution in [1.82, 2.24) is 0 Å². The van der Waals surface area contributed by atoms with E-state index < -0.39 is 0 Å². The fraction of sp³-hybridized carbons (Fsp3) is 0.917. The third-order valence-corrected chi connectivity index (χ3v) is 4.39. The number of nitrogens with one attached hydrogen (secondary N) is 1. The summed E-state index contributed by atoms with van der Waals surface area (Å²) in [4.78, 5) is 0. The van der Waals surface area contributed by atoms with Crippen LogP contribution < -0.4 is 5.73 Å². The van der Waals surface area contributed by atoms with Crippen LogP contribution in [0.15, 0.2) is 0 Å². The maximum absolute atomic E-state index is 7.33. The molecule has 2 heteroatoms. The smallest absolute Gasteiger partial charge is 0.0447 e. The summed E-state index contributed by atoms with van der Waals surface area (Å²) < 4.78 is 0. The van der Waals surface area contributed by atoms with E-state index in [4.69, 9.17) is 11.1 Å². The van der Waals surface area contributed by atoms with Crippen LogP contribution in [0.4, 0.5) is 0 Å². The zero-order valence-corrected chi connectivity index (χ0v) is 9.13. The normalized spacial score (nSPS) is 44.4. The van der Waals surface area contributed by atoms with Crippen LogP contribution in [0.5, 0.6) is 0 Å². The Kier molecular flexibility index (Phi) is 2.65. The Morgan fingerprint density at radius 1 is 1.36 bits per heavy atom. The predicted octanol–water partition coefficient (Wildman–Crippen LogP) is 2.57. The fourth-order valence-corrected chi connectivity index (χ4v) is 3.65. The van der Waals surface area contributed by atoms with Crippen molar-refractivity contribution < 1.29 is 0 Å². The Bertz CT molecular complexity index is 212. The molecule has 2 fully saturated rings. The largest absolute Gasteiger partial charge is 0.323 e. The van der Waals surface area contributed by atoms with E-state index in [1.807, 2.05) is 0 Å². The van der Waals surface area contributed by atoms with Crippen LogP contribution in [0.1, 0.15) is 45.4 Å². The summed E-state index contributed by atoms with van der Waals surface area (Å²) in [5.41, 5.74) is 6.26. The van der Waals surface area contributed by atoms with E-state index in [9.17, 15) is 0 Å². The van der Waals surface area contributed by atoms with Gasteiger partial charge in [-0.2, -0.15) is 0 Å². The average molecular weight is 194 g/mol. The molecule has 0 aromatic rings. The van der Waals surface area contributed by atoms with Gasteiger partial charge in [-0.05, 0) is 36.5 Å². The van der Waals surface area contributed by atoms with Crippen molar-refractivity contribution in [1.29, 1.82) is 5.41 Å². The lowest BCUT2D eigenvalue weighted by atomic mass is 9.59. The molecule has 80 valence electrons. The standard InChI is InChI=1S/C12H22N2/c1-12(11(14)8-13)6-9-3-2-4-10(5-9)7-12/h8-11,13H,2-7,14H2,1H3. The van der Waals surface area contributed by atoms with Crippen molar-refractivity contribution in [2.45, 2.75) is 51.5 Å². The highest BCUT2D eigenvalue weighted by Gasteiger charge is 2.41. The van der Waals surface area contributed by atoms with Crippen molar-refractivity contribution in [3.8, 4) is 0 Å². The quantitative estimate of drug-likeness (QED) is 0.652. The number of hydrogen-bond donors (Lipinski definition) is 2. The first-order chi connectivity index (χ1) is 6.64. The van der Waals surface area contributed by atoms with Gasteiger partial charge in [-0.25, -0.2) is 0 Å². The molecule has 0 saturated heterocycles. The topological polar surface area (TPSA) is 49.9 Å². The minimum Gasteiger partial charge on any atom is -0.323 e. The molecule has 2 aliphatic rings. The molecule has 3 N–H and O–H groups in total. The lowest BCUT2D eigenvalue weighted by Crippen LogP contribution is -2.46. The molecule has 3 atom stereocenters. The second-order valence-corrected chi connectivity index (χ2v) is 5.65. The van der Waals surface area contributed by atoms with Gasteiger partial charge in [0.15, 0.2) is 0 Å². The minimum atomic E-state index is -0.0223. The predicted molar refractivity (Wildman–Crippen MR) is 59.5 cm³/mol. The monoisotopic (exact) mass is 194 g/mol. The van der Waals surface area contributed by atoms with Crippen LogP contribution >= 0.6 is 0 Å². The molecule has 14 heavy (non-hydrogen) atoms. The van der Waals surface area contributed by atoms with Crippen molar-refractivity contribution in [3.05, 3.63) is 0 Å². The van der Waals surface area contributed by atoms with Gasteiger partial charge in [-0.3, -0.25) is 0 Å². The van der Waals surface area contributed by atoms with Gasteiger partial charge >= 0.3 is 0 Å². The van der Waals surface area contributed by atoms with Crippen LogP contribution in [-0.4, -0.2) is 12.3 Å². The molecule has 0 aliphatic heterocycles. The van der Waals surface area contributed by atoms with E-state index in [0.717, 1.165) is 11.8 Å². The highest BCUT2D eigenvalue weighted by molar-refractivity contribution is 5.61. The Morgan fingerprint density at radius 2 is 1.93 bits per heavy atom. The van der Waals surface area contributed by atoms with Crippen LogP contribution in [0.2, 0.25) is 0 Å². The Morgan fingerprint density at radius 3 is 2.43 bits per heavy atom. The molecule has 0 aromatic carbocycles. The SMILES string of the molecule is CC1(C(N)C=N)CC2CCCC(C2)C1. The van der Waals surface area contributed by atoms with Crippen molar-refractivity contribution in [2.24, 2.45) is 23.0 Å². The summed E-state index contributed by atoms with van der Waals surface area (Å²) in [5.74, 6) is 1.80. The summed E-state index contributed by atoms with van der Waals surface area (Å²) in [6, 6.07) is -0.0223. The maximum Gasteiger partial charge on any atom is 0.0447 e. The Hall–Kier alpha value is -0.370. The zero-order valence-electron chi connectivity index (χ0n) is 9.13. The summed E-state index contributed by atoms with van der Waals surface area (Å²) in [5, 5.41) is 7.33. The van der Waals surface area contributed by atoms with Gasteiger partial charge < -0.3 is 11.1 Å². The number of nitrogens with two attached hydrogens (primary N) is 1. The van der Waals surface area contributed by atoms with E-state index >= 15 is 0 Å². The third kappa shape index (κ3) is 1.72. The molecular weight excluding hydrogens is 172 g/mol. The third-order valence-electron chi connectivity index (χ3n) is 4.39. The molecule has 2 rings (SSSR count). The van der Waals surface area contributed by atoms with Gasteiger partial charge in [0.25, 0.3) is 0 Å². The molecule has 2 bridgehead atoms. The van der Waals surface area contributed by atoms with Gasteiger partial charge in [-0.1, -0.05) is 26.2 Å². The van der Waals surface area contributed by atoms with E-state index in [1.165, 1.54) is 44.7 Å². The lowest BCUT2D eigenvalue weighted by Gasteiger charge is -2.47. The van der Waals surface area contributed by atoms with E-state index in [1.54, 1.807) is 0 Å². The molecular formula is C12H22N2. The molecule has 2 aliphatic carbocycles. The number of hydrogen-bond acceptors (Lipinski definition) is 2. The van der Waals surface area contributed by atoms with E-state index in [2.05, 4.69) is 6.92 Å². The van der Waals surface area contributed by atoms with Crippen molar-refractivity contribution in [2.75, 3.05) is 0 Å². The summed E-state index contributed by atoms with van der Waals surface area (Å²) in [6.45, 7) is 2.28. The zero-order chi connectivity index (χ0) is 10.2. The van der Waals surface area contributed by atoms with Gasteiger partial charge in [-0.15, -0.1) is 0 Å². The fourth-order valence-electron chi connectivity index (χ4n) is 3.65.